The van der Waals surface area contributed by atoms with Gasteiger partial charge in [0.05, 0.1) is 12.3 Å². The Labute approximate surface area is 121 Å². The van der Waals surface area contributed by atoms with Crippen LogP contribution in [0.5, 0.6) is 0 Å². The monoisotopic (exact) mass is 289 g/mol. The molecule has 21 heavy (non-hydrogen) atoms. The van der Waals surface area contributed by atoms with Crippen LogP contribution in [0.3, 0.4) is 0 Å². The number of nitrogens with two attached hydrogens (primary N) is 1. The molecule has 0 aliphatic carbocycles. The number of hydrogen-bond acceptors (Lipinski definition) is 5. The number of primary amides is 1. The molecule has 0 spiro atoms. The number of aromatic nitrogens is 4. The summed E-state index contributed by atoms with van der Waals surface area (Å²) in [5.41, 5.74) is 7.77. The molecule has 3 heterocycles. The molecule has 0 fully saturated rings. The van der Waals surface area contributed by atoms with Gasteiger partial charge in [0, 0.05) is 51.1 Å². The first kappa shape index (κ1) is 13.8. The molecule has 0 saturated carbocycles. The second kappa shape index (κ2) is 5.66. The predicted molar refractivity (Wildman–Crippen MR) is 74.5 cm³/mol. The minimum atomic E-state index is -0.639. The van der Waals surface area contributed by atoms with Gasteiger partial charge in [-0.15, -0.1) is 0 Å². The Hall–Kier alpha value is -2.19. The number of ether oxygens (including phenoxy) is 1. The average molecular weight is 289 g/mol. The Kier molecular flexibility index (Phi) is 3.72. The maximum atomic E-state index is 11.0. The number of imidazole rings is 1. The lowest BCUT2D eigenvalue weighted by atomic mass is 10.1. The summed E-state index contributed by atoms with van der Waals surface area (Å²) in [6.45, 7) is 3.35. The second-order valence-electron chi connectivity index (χ2n) is 4.93. The van der Waals surface area contributed by atoms with Gasteiger partial charge < -0.3 is 15.5 Å². The largest absolute Gasteiger partial charge is 0.383 e. The normalized spacial score (nSPS) is 15.1. The summed E-state index contributed by atoms with van der Waals surface area (Å²) in [6.07, 6.45) is 2.31. The highest BCUT2D eigenvalue weighted by Gasteiger charge is 2.21. The van der Waals surface area contributed by atoms with Crippen molar-refractivity contribution >= 4 is 6.03 Å². The predicted octanol–water partition coefficient (Wildman–Crippen LogP) is 0.00469. The number of nitrogens with zero attached hydrogens (tertiary/aromatic N) is 4. The molecule has 0 saturated heterocycles. The van der Waals surface area contributed by atoms with Crippen LogP contribution in [-0.4, -0.2) is 57.5 Å². The fourth-order valence-corrected chi connectivity index (χ4v) is 2.38. The fourth-order valence-electron chi connectivity index (χ4n) is 2.38. The molecular formula is C13H17N6O2. The van der Waals surface area contributed by atoms with Crippen LogP contribution < -0.4 is 5.73 Å². The zero-order valence-electron chi connectivity index (χ0n) is 11.8. The van der Waals surface area contributed by atoms with Crippen LogP contribution in [0.15, 0.2) is 6.20 Å². The number of fused-ring (bicyclic) bond motifs is 1. The summed E-state index contributed by atoms with van der Waals surface area (Å²) in [6, 6.07) is 2.24. The zero-order chi connectivity index (χ0) is 14.8. The van der Waals surface area contributed by atoms with E-state index in [0.29, 0.717) is 18.1 Å². The van der Waals surface area contributed by atoms with Gasteiger partial charge in [-0.25, -0.2) is 9.78 Å². The minimum absolute atomic E-state index is 0.492. The Bertz CT molecular complexity index is 647. The summed E-state index contributed by atoms with van der Waals surface area (Å²) in [5, 5.41) is 4.05. The fraction of sp³-hybridized carbons (Fsp3) is 0.462. The van der Waals surface area contributed by atoms with Crippen molar-refractivity contribution in [3.63, 3.8) is 0 Å². The number of rotatable bonds is 4. The van der Waals surface area contributed by atoms with Crippen LogP contribution in [0.4, 0.5) is 4.79 Å². The Balaban J connectivity index is 1.78. The molecule has 2 aromatic heterocycles. The van der Waals surface area contributed by atoms with E-state index in [0.717, 1.165) is 42.1 Å². The van der Waals surface area contributed by atoms with E-state index in [-0.39, 0.29) is 0 Å². The van der Waals surface area contributed by atoms with Gasteiger partial charge in [-0.2, -0.15) is 9.78 Å². The molecule has 1 radical (unpaired) electrons. The van der Waals surface area contributed by atoms with Gasteiger partial charge in [0.1, 0.15) is 5.69 Å². The van der Waals surface area contributed by atoms with Crippen LogP contribution in [0.1, 0.15) is 11.4 Å². The van der Waals surface area contributed by atoms with Crippen LogP contribution in [0, 0.1) is 6.07 Å². The van der Waals surface area contributed by atoms with E-state index in [1.54, 1.807) is 7.11 Å². The quantitative estimate of drug-likeness (QED) is 0.825. The van der Waals surface area contributed by atoms with E-state index in [2.05, 4.69) is 26.0 Å². The molecule has 2 aromatic rings. The summed E-state index contributed by atoms with van der Waals surface area (Å²) in [5.74, 6) is 0.619. The van der Waals surface area contributed by atoms with Crippen molar-refractivity contribution in [1.29, 1.82) is 0 Å². The van der Waals surface area contributed by atoms with Crippen LogP contribution in [0.2, 0.25) is 0 Å². The van der Waals surface area contributed by atoms with Gasteiger partial charge in [-0.3, -0.25) is 4.90 Å². The van der Waals surface area contributed by atoms with Gasteiger partial charge in [0.25, 0.3) is 0 Å². The zero-order valence-corrected chi connectivity index (χ0v) is 11.8. The van der Waals surface area contributed by atoms with Crippen molar-refractivity contribution < 1.29 is 9.53 Å². The van der Waals surface area contributed by atoms with E-state index in [9.17, 15) is 4.79 Å². The molecule has 0 aromatic carbocycles. The summed E-state index contributed by atoms with van der Waals surface area (Å²) in [4.78, 5) is 21.1. The highest BCUT2D eigenvalue weighted by atomic mass is 16.5. The van der Waals surface area contributed by atoms with E-state index in [1.165, 1.54) is 6.20 Å². The van der Waals surface area contributed by atoms with Gasteiger partial charge in [-0.05, 0) is 0 Å². The number of carbonyl (C=O) groups excluding carboxylic acids is 1. The van der Waals surface area contributed by atoms with Crippen molar-refractivity contribution in [2.75, 3.05) is 26.8 Å². The van der Waals surface area contributed by atoms with Crippen molar-refractivity contribution in [2.45, 2.75) is 13.0 Å². The summed E-state index contributed by atoms with van der Waals surface area (Å²) >= 11 is 0. The number of amides is 1. The topological polar surface area (TPSA) is 102 Å². The molecule has 8 nitrogen and oxygen atoms in total. The van der Waals surface area contributed by atoms with Crippen molar-refractivity contribution in [2.24, 2.45) is 5.73 Å². The van der Waals surface area contributed by atoms with E-state index in [1.807, 2.05) is 0 Å². The lowest BCUT2D eigenvalue weighted by Gasteiger charge is -2.25. The number of nitrogens with one attached hydrogen (secondary N) is 1. The Morgan fingerprint density at radius 3 is 3.19 bits per heavy atom. The molecule has 8 heteroatoms. The van der Waals surface area contributed by atoms with Crippen LogP contribution in [-0.2, 0) is 17.7 Å². The number of H-pyrrole nitrogens is 1. The standard InChI is InChI=1S/C13H17N6O2/c1-21-7-6-18-4-2-9-11(8-18)16-12(15-9)10-3-5-19(17-10)13(14)20/h5H,2,4,6-8H2,1H3,(H2,14,20)(H,15,16). The first-order valence-corrected chi connectivity index (χ1v) is 6.74. The van der Waals surface area contributed by atoms with Crippen molar-refractivity contribution in [1.82, 2.24) is 24.6 Å². The molecule has 3 rings (SSSR count). The van der Waals surface area contributed by atoms with Crippen molar-refractivity contribution in [3.8, 4) is 11.5 Å². The number of carbonyl (C=O) groups is 1. The molecule has 1 aliphatic rings. The van der Waals surface area contributed by atoms with Crippen LogP contribution in [0.25, 0.3) is 11.5 Å². The Morgan fingerprint density at radius 1 is 1.62 bits per heavy atom. The molecule has 1 aliphatic heterocycles. The van der Waals surface area contributed by atoms with Crippen LogP contribution >= 0.6 is 0 Å². The second-order valence-corrected chi connectivity index (χ2v) is 4.93. The third kappa shape index (κ3) is 2.81. The van der Waals surface area contributed by atoms with Gasteiger partial charge in [0.15, 0.2) is 5.82 Å². The molecular weight excluding hydrogens is 272 g/mol. The Morgan fingerprint density at radius 2 is 2.48 bits per heavy atom. The van der Waals surface area contributed by atoms with E-state index < -0.39 is 6.03 Å². The highest BCUT2D eigenvalue weighted by Crippen LogP contribution is 2.21. The molecule has 0 atom stereocenters. The molecule has 0 bridgehead atoms. The third-order valence-electron chi connectivity index (χ3n) is 3.51. The summed E-state index contributed by atoms with van der Waals surface area (Å²) in [7, 11) is 1.70. The lowest BCUT2D eigenvalue weighted by molar-refractivity contribution is 0.139. The SMILES string of the molecule is COCCN1CCc2[nH]c(-c3[c]cn(C(N)=O)n3)nc2C1. The first-order chi connectivity index (χ1) is 10.2. The number of methoxy groups -OCH3 is 1. The molecule has 3 N–H and O–H groups in total. The minimum Gasteiger partial charge on any atom is -0.383 e. The van der Waals surface area contributed by atoms with E-state index in [4.69, 9.17) is 10.5 Å². The highest BCUT2D eigenvalue weighted by molar-refractivity contribution is 5.74. The lowest BCUT2D eigenvalue weighted by Crippen LogP contribution is -2.33. The van der Waals surface area contributed by atoms with Gasteiger partial charge in [0.2, 0.25) is 0 Å². The van der Waals surface area contributed by atoms with Crippen molar-refractivity contribution in [3.05, 3.63) is 23.7 Å². The third-order valence-corrected chi connectivity index (χ3v) is 3.51. The van der Waals surface area contributed by atoms with E-state index >= 15 is 0 Å². The maximum Gasteiger partial charge on any atom is 0.339 e. The van der Waals surface area contributed by atoms with Gasteiger partial charge >= 0.3 is 6.03 Å². The number of aromatic amines is 1. The first-order valence-electron chi connectivity index (χ1n) is 6.74. The molecule has 0 unspecified atom stereocenters. The maximum absolute atomic E-state index is 11.0. The average Bonchev–Trinajstić information content (AvgIpc) is 3.10. The molecule has 111 valence electrons. The van der Waals surface area contributed by atoms with Gasteiger partial charge in [-0.1, -0.05) is 0 Å². The smallest absolute Gasteiger partial charge is 0.339 e. The molecule has 1 amide bonds. The summed E-state index contributed by atoms with van der Waals surface area (Å²) < 4.78 is 6.14. The number of hydrogen-bond donors (Lipinski definition) is 2.